The SMILES string of the molecule is Cc1nc(N2CCN(CCCc3c[nH]c4ccc(C#N)cc34)CC2)sc1C#N. The molecule has 3 heterocycles. The van der Waals surface area contributed by atoms with Gasteiger partial charge in [-0.25, -0.2) is 4.98 Å². The second-order valence-corrected chi connectivity index (χ2v) is 8.12. The molecule has 0 spiro atoms. The zero-order chi connectivity index (χ0) is 19.5. The van der Waals surface area contributed by atoms with Crippen LogP contribution in [0.4, 0.5) is 5.13 Å². The molecule has 7 heteroatoms. The van der Waals surface area contributed by atoms with E-state index in [1.165, 1.54) is 16.9 Å². The molecular formula is C21H22N6S. The fraction of sp³-hybridized carbons (Fsp3) is 0.381. The number of rotatable bonds is 5. The van der Waals surface area contributed by atoms with Crippen molar-refractivity contribution in [1.82, 2.24) is 14.9 Å². The number of hydrogen-bond donors (Lipinski definition) is 1. The van der Waals surface area contributed by atoms with E-state index < -0.39 is 0 Å². The molecule has 0 atom stereocenters. The van der Waals surface area contributed by atoms with E-state index in [9.17, 15) is 0 Å². The third kappa shape index (κ3) is 3.73. The molecule has 28 heavy (non-hydrogen) atoms. The number of nitriles is 2. The van der Waals surface area contributed by atoms with Gasteiger partial charge in [0.05, 0.1) is 17.3 Å². The van der Waals surface area contributed by atoms with Crippen molar-refractivity contribution in [1.29, 1.82) is 10.5 Å². The van der Waals surface area contributed by atoms with Crippen LogP contribution < -0.4 is 4.90 Å². The summed E-state index contributed by atoms with van der Waals surface area (Å²) < 4.78 is 0. The standard InChI is InChI=1S/C21H22N6S/c1-15-20(13-23)28-21(25-15)27-9-7-26(8-10-27)6-2-3-17-14-24-19-5-4-16(12-22)11-18(17)19/h4-5,11,14,24H,2-3,6-10H2,1H3. The van der Waals surface area contributed by atoms with Crippen LogP contribution in [0.25, 0.3) is 10.9 Å². The van der Waals surface area contributed by atoms with Crippen molar-refractivity contribution in [3.63, 3.8) is 0 Å². The van der Waals surface area contributed by atoms with Crippen molar-refractivity contribution in [3.8, 4) is 12.1 Å². The first-order valence-corrected chi connectivity index (χ1v) is 10.3. The molecule has 0 unspecified atom stereocenters. The van der Waals surface area contributed by atoms with Crippen LogP contribution in [-0.2, 0) is 6.42 Å². The number of aryl methyl sites for hydroxylation is 2. The minimum absolute atomic E-state index is 0.710. The average Bonchev–Trinajstić information content (AvgIpc) is 3.31. The Morgan fingerprint density at radius 2 is 2.00 bits per heavy atom. The molecule has 0 bridgehead atoms. The minimum Gasteiger partial charge on any atom is -0.361 e. The van der Waals surface area contributed by atoms with Gasteiger partial charge in [-0.05, 0) is 50.1 Å². The van der Waals surface area contributed by atoms with E-state index >= 15 is 0 Å². The summed E-state index contributed by atoms with van der Waals surface area (Å²) in [4.78, 5) is 13.4. The Morgan fingerprint density at radius 1 is 1.18 bits per heavy atom. The lowest BCUT2D eigenvalue weighted by Gasteiger charge is -2.34. The van der Waals surface area contributed by atoms with E-state index in [1.807, 2.05) is 25.1 Å². The molecular weight excluding hydrogens is 368 g/mol. The van der Waals surface area contributed by atoms with E-state index in [0.29, 0.717) is 5.56 Å². The molecule has 1 fully saturated rings. The number of nitrogens with zero attached hydrogens (tertiary/aromatic N) is 5. The Balaban J connectivity index is 1.29. The predicted molar refractivity (Wildman–Crippen MR) is 112 cm³/mol. The first-order chi connectivity index (χ1) is 13.7. The molecule has 6 nitrogen and oxygen atoms in total. The Morgan fingerprint density at radius 3 is 2.71 bits per heavy atom. The number of aromatic nitrogens is 2. The first-order valence-electron chi connectivity index (χ1n) is 9.53. The normalized spacial score (nSPS) is 14.9. The van der Waals surface area contributed by atoms with Crippen LogP contribution in [0.3, 0.4) is 0 Å². The third-order valence-corrected chi connectivity index (χ3v) is 6.47. The van der Waals surface area contributed by atoms with Gasteiger partial charge < -0.3 is 9.88 Å². The summed E-state index contributed by atoms with van der Waals surface area (Å²) >= 11 is 1.50. The van der Waals surface area contributed by atoms with E-state index in [-0.39, 0.29) is 0 Å². The first kappa shape index (κ1) is 18.5. The molecule has 1 aliphatic rings. The number of aromatic amines is 1. The van der Waals surface area contributed by atoms with Crippen LogP contribution in [0.1, 0.15) is 28.1 Å². The predicted octanol–water partition coefficient (Wildman–Crippen LogP) is 3.43. The molecule has 4 rings (SSSR count). The Kier molecular flexibility index (Phi) is 5.29. The maximum atomic E-state index is 9.12. The van der Waals surface area contributed by atoms with Crippen molar-refractivity contribution in [2.45, 2.75) is 19.8 Å². The molecule has 0 saturated carbocycles. The number of anilines is 1. The maximum absolute atomic E-state index is 9.12. The van der Waals surface area contributed by atoms with Gasteiger partial charge >= 0.3 is 0 Å². The molecule has 0 aliphatic carbocycles. The van der Waals surface area contributed by atoms with Crippen molar-refractivity contribution in [2.75, 3.05) is 37.6 Å². The highest BCUT2D eigenvalue weighted by Gasteiger charge is 2.20. The van der Waals surface area contributed by atoms with Crippen molar-refractivity contribution >= 4 is 27.4 Å². The van der Waals surface area contributed by atoms with E-state index in [2.05, 4.69) is 38.1 Å². The lowest BCUT2D eigenvalue weighted by molar-refractivity contribution is 0.255. The quantitative estimate of drug-likeness (QED) is 0.722. The van der Waals surface area contributed by atoms with Crippen molar-refractivity contribution < 1.29 is 0 Å². The Bertz CT molecular complexity index is 1060. The molecule has 1 N–H and O–H groups in total. The summed E-state index contributed by atoms with van der Waals surface area (Å²) in [5, 5.41) is 20.4. The van der Waals surface area contributed by atoms with Crippen LogP contribution in [0.15, 0.2) is 24.4 Å². The van der Waals surface area contributed by atoms with Gasteiger partial charge in [0.15, 0.2) is 5.13 Å². The van der Waals surface area contributed by atoms with Gasteiger partial charge in [0.25, 0.3) is 0 Å². The summed E-state index contributed by atoms with van der Waals surface area (Å²) in [5.41, 5.74) is 3.93. The lowest BCUT2D eigenvalue weighted by Crippen LogP contribution is -2.46. The molecule has 142 valence electrons. The number of benzene rings is 1. The second kappa shape index (κ2) is 8.02. The minimum atomic E-state index is 0.710. The van der Waals surface area contributed by atoms with Crippen LogP contribution >= 0.6 is 11.3 Å². The topological polar surface area (TPSA) is 82.7 Å². The Labute approximate surface area is 168 Å². The fourth-order valence-corrected chi connectivity index (χ4v) is 4.65. The monoisotopic (exact) mass is 390 g/mol. The highest BCUT2D eigenvalue weighted by Crippen LogP contribution is 2.26. The maximum Gasteiger partial charge on any atom is 0.186 e. The number of nitrogens with one attached hydrogen (secondary N) is 1. The summed E-state index contributed by atoms with van der Waals surface area (Å²) in [6, 6.07) is 10.3. The third-order valence-electron chi connectivity index (χ3n) is 5.35. The van der Waals surface area contributed by atoms with Crippen LogP contribution in [-0.4, -0.2) is 47.6 Å². The van der Waals surface area contributed by atoms with Gasteiger partial charge in [-0.15, -0.1) is 0 Å². The number of piperazine rings is 1. The second-order valence-electron chi connectivity index (χ2n) is 7.14. The van der Waals surface area contributed by atoms with Gasteiger partial charge in [0.2, 0.25) is 0 Å². The average molecular weight is 391 g/mol. The molecule has 0 amide bonds. The molecule has 3 aromatic rings. The van der Waals surface area contributed by atoms with E-state index in [0.717, 1.165) is 72.2 Å². The van der Waals surface area contributed by atoms with Crippen LogP contribution in [0, 0.1) is 29.6 Å². The lowest BCUT2D eigenvalue weighted by atomic mass is 10.1. The van der Waals surface area contributed by atoms with Gasteiger partial charge in [-0.3, -0.25) is 4.90 Å². The van der Waals surface area contributed by atoms with E-state index in [4.69, 9.17) is 10.5 Å². The Hall–Kier alpha value is -2.87. The zero-order valence-corrected chi connectivity index (χ0v) is 16.7. The van der Waals surface area contributed by atoms with Crippen molar-refractivity contribution in [3.05, 3.63) is 46.1 Å². The summed E-state index contributed by atoms with van der Waals surface area (Å²) in [5.74, 6) is 0. The van der Waals surface area contributed by atoms with Gasteiger partial charge in [-0.1, -0.05) is 11.3 Å². The number of H-pyrrole nitrogens is 1. The molecule has 1 aromatic carbocycles. The molecule has 1 saturated heterocycles. The van der Waals surface area contributed by atoms with Crippen molar-refractivity contribution in [2.24, 2.45) is 0 Å². The highest BCUT2D eigenvalue weighted by atomic mass is 32.1. The number of thiazole rings is 1. The smallest absolute Gasteiger partial charge is 0.186 e. The fourth-order valence-electron chi connectivity index (χ4n) is 3.73. The van der Waals surface area contributed by atoms with E-state index in [1.54, 1.807) is 0 Å². The zero-order valence-electron chi connectivity index (χ0n) is 15.9. The highest BCUT2D eigenvalue weighted by molar-refractivity contribution is 7.16. The summed E-state index contributed by atoms with van der Waals surface area (Å²) in [6.07, 6.45) is 4.17. The summed E-state index contributed by atoms with van der Waals surface area (Å²) in [7, 11) is 0. The van der Waals surface area contributed by atoms with Gasteiger partial charge in [0, 0.05) is 43.3 Å². The molecule has 2 aromatic heterocycles. The molecule has 1 aliphatic heterocycles. The molecule has 0 radical (unpaired) electrons. The van der Waals surface area contributed by atoms with Crippen LogP contribution in [0.5, 0.6) is 0 Å². The largest absolute Gasteiger partial charge is 0.361 e. The number of hydrogen-bond acceptors (Lipinski definition) is 6. The summed E-state index contributed by atoms with van der Waals surface area (Å²) in [6.45, 7) is 6.92. The van der Waals surface area contributed by atoms with Crippen LogP contribution in [0.2, 0.25) is 0 Å². The van der Waals surface area contributed by atoms with Gasteiger partial charge in [-0.2, -0.15) is 10.5 Å². The van der Waals surface area contributed by atoms with Gasteiger partial charge in [0.1, 0.15) is 10.9 Å². The number of fused-ring (bicyclic) bond motifs is 1.